The van der Waals surface area contributed by atoms with Crippen LogP contribution < -0.4 is 9.62 Å². The zero-order valence-electron chi connectivity index (χ0n) is 14.1. The summed E-state index contributed by atoms with van der Waals surface area (Å²) in [7, 11) is -3.47. The number of nitrogens with one attached hydrogen (secondary N) is 1. The normalized spacial score (nSPS) is 16.0. The number of nitrogens with zero attached hydrogens (tertiary/aromatic N) is 2. The first-order valence-electron chi connectivity index (χ1n) is 8.14. The lowest BCUT2D eigenvalue weighted by atomic mass is 10.1. The molecule has 1 fully saturated rings. The number of sulfonamides is 1. The van der Waals surface area contributed by atoms with Gasteiger partial charge in [0.25, 0.3) is 11.6 Å². The van der Waals surface area contributed by atoms with Gasteiger partial charge in [-0.2, -0.15) is 0 Å². The Morgan fingerprint density at radius 3 is 2.67 bits per heavy atom. The average Bonchev–Trinajstić information content (AvgIpc) is 2.62. The minimum Gasteiger partial charge on any atom is -0.322 e. The highest BCUT2D eigenvalue weighted by Gasteiger charge is 2.28. The summed E-state index contributed by atoms with van der Waals surface area (Å²) < 4.78 is 25.8. The highest BCUT2D eigenvalue weighted by atomic mass is 35.5. The number of non-ortho nitro benzene ring substituents is 1. The Bertz CT molecular complexity index is 1010. The molecule has 0 spiro atoms. The minimum atomic E-state index is -3.47. The Balaban J connectivity index is 1.88. The number of halogens is 1. The van der Waals surface area contributed by atoms with Crippen LogP contribution in [0.2, 0.25) is 5.02 Å². The van der Waals surface area contributed by atoms with E-state index in [1.165, 1.54) is 46.8 Å². The number of amides is 1. The summed E-state index contributed by atoms with van der Waals surface area (Å²) in [6, 6.07) is 9.88. The summed E-state index contributed by atoms with van der Waals surface area (Å²) in [5, 5.41) is 13.6. The number of hydrogen-bond donors (Lipinski definition) is 1. The van der Waals surface area contributed by atoms with Gasteiger partial charge in [-0.15, -0.1) is 0 Å². The topological polar surface area (TPSA) is 110 Å². The van der Waals surface area contributed by atoms with Gasteiger partial charge in [0, 0.05) is 29.9 Å². The number of hydrogen-bond acceptors (Lipinski definition) is 5. The number of anilines is 2. The number of carbonyl (C=O) groups excluding carboxylic acids is 1. The fourth-order valence-corrected chi connectivity index (χ4v) is 4.72. The van der Waals surface area contributed by atoms with Crippen LogP contribution in [0.5, 0.6) is 0 Å². The van der Waals surface area contributed by atoms with E-state index in [1.807, 2.05) is 0 Å². The average molecular weight is 410 g/mol. The van der Waals surface area contributed by atoms with Crippen molar-refractivity contribution in [3.05, 3.63) is 63.2 Å². The maximum absolute atomic E-state index is 12.5. The molecule has 0 aromatic heterocycles. The van der Waals surface area contributed by atoms with Gasteiger partial charge in [-0.05, 0) is 37.1 Å². The van der Waals surface area contributed by atoms with Crippen molar-refractivity contribution in [1.29, 1.82) is 0 Å². The number of rotatable bonds is 4. The van der Waals surface area contributed by atoms with Gasteiger partial charge in [-0.3, -0.25) is 19.2 Å². The molecule has 0 atom stereocenters. The van der Waals surface area contributed by atoms with Gasteiger partial charge in [0.15, 0.2) is 0 Å². The monoisotopic (exact) mass is 409 g/mol. The van der Waals surface area contributed by atoms with Crippen LogP contribution in [0.3, 0.4) is 0 Å². The Labute approximate surface area is 160 Å². The molecule has 0 radical (unpaired) electrons. The lowest BCUT2D eigenvalue weighted by Crippen LogP contribution is -2.38. The third-order valence-electron chi connectivity index (χ3n) is 4.14. The van der Waals surface area contributed by atoms with Gasteiger partial charge < -0.3 is 5.32 Å². The van der Waals surface area contributed by atoms with Crippen LogP contribution in [0.25, 0.3) is 0 Å². The van der Waals surface area contributed by atoms with Crippen LogP contribution >= 0.6 is 11.6 Å². The van der Waals surface area contributed by atoms with E-state index < -0.39 is 20.9 Å². The summed E-state index contributed by atoms with van der Waals surface area (Å²) >= 11 is 6.16. The quantitative estimate of drug-likeness (QED) is 0.614. The summed E-state index contributed by atoms with van der Waals surface area (Å²) in [6.07, 6.45) is 1.29. The summed E-state index contributed by atoms with van der Waals surface area (Å²) in [5.41, 5.74) is 0.560. The molecule has 0 bridgehead atoms. The predicted octanol–water partition coefficient (Wildman–Crippen LogP) is 3.43. The summed E-state index contributed by atoms with van der Waals surface area (Å²) in [4.78, 5) is 22.8. The van der Waals surface area contributed by atoms with Crippen molar-refractivity contribution in [3.63, 3.8) is 0 Å². The van der Waals surface area contributed by atoms with Crippen LogP contribution in [-0.2, 0) is 10.0 Å². The summed E-state index contributed by atoms with van der Waals surface area (Å²) in [5.74, 6) is -0.490. The second-order valence-corrected chi connectivity index (χ2v) is 8.44. The number of carbonyl (C=O) groups is 1. The maximum atomic E-state index is 12.5. The van der Waals surface area contributed by atoms with E-state index >= 15 is 0 Å². The molecule has 142 valence electrons. The molecule has 1 saturated heterocycles. The molecule has 1 heterocycles. The molecular weight excluding hydrogens is 394 g/mol. The van der Waals surface area contributed by atoms with E-state index in [2.05, 4.69) is 5.32 Å². The predicted molar refractivity (Wildman–Crippen MR) is 103 cm³/mol. The molecule has 2 aromatic carbocycles. The van der Waals surface area contributed by atoms with Crippen LogP contribution in [0, 0.1) is 10.1 Å². The SMILES string of the molecule is O=C(Nc1cccc([N+](=O)[O-])c1)c1ccc(Cl)c(N2CCCCS2(=O)=O)c1. The van der Waals surface area contributed by atoms with Crippen LogP contribution in [0.1, 0.15) is 23.2 Å². The molecule has 1 aliphatic rings. The fourth-order valence-electron chi connectivity index (χ4n) is 2.80. The molecule has 3 rings (SSSR count). The molecule has 27 heavy (non-hydrogen) atoms. The molecule has 0 aliphatic carbocycles. The van der Waals surface area contributed by atoms with E-state index in [1.54, 1.807) is 0 Å². The highest BCUT2D eigenvalue weighted by Crippen LogP contribution is 2.32. The molecule has 1 aliphatic heterocycles. The van der Waals surface area contributed by atoms with E-state index in [0.717, 1.165) is 0 Å². The minimum absolute atomic E-state index is 0.0352. The molecule has 1 amide bonds. The van der Waals surface area contributed by atoms with Crippen molar-refractivity contribution in [2.75, 3.05) is 21.9 Å². The van der Waals surface area contributed by atoms with E-state index in [9.17, 15) is 23.3 Å². The van der Waals surface area contributed by atoms with Crippen molar-refractivity contribution >= 4 is 44.6 Å². The van der Waals surface area contributed by atoms with Gasteiger partial charge >= 0.3 is 0 Å². The van der Waals surface area contributed by atoms with Crippen molar-refractivity contribution in [3.8, 4) is 0 Å². The first-order chi connectivity index (χ1) is 12.8. The molecule has 1 N–H and O–H groups in total. The van der Waals surface area contributed by atoms with Gasteiger partial charge in [-0.1, -0.05) is 17.7 Å². The van der Waals surface area contributed by atoms with Gasteiger partial charge in [0.1, 0.15) is 0 Å². The van der Waals surface area contributed by atoms with Crippen LogP contribution in [0.4, 0.5) is 17.1 Å². The first kappa shape index (κ1) is 19.1. The Morgan fingerprint density at radius 1 is 1.19 bits per heavy atom. The molecule has 8 nitrogen and oxygen atoms in total. The van der Waals surface area contributed by atoms with Crippen LogP contribution in [-0.4, -0.2) is 31.5 Å². The number of benzene rings is 2. The molecule has 0 unspecified atom stereocenters. The summed E-state index contributed by atoms with van der Waals surface area (Å²) in [6.45, 7) is 0.304. The standard InChI is InChI=1S/C17H16ClN3O5S/c18-15-7-6-12(10-16(15)20-8-1-2-9-27(20,25)26)17(22)19-13-4-3-5-14(11-13)21(23)24/h3-7,10-11H,1-2,8-9H2,(H,19,22). The van der Waals surface area contributed by atoms with E-state index in [0.29, 0.717) is 19.4 Å². The maximum Gasteiger partial charge on any atom is 0.271 e. The number of nitro benzene ring substituents is 1. The third-order valence-corrected chi connectivity index (χ3v) is 6.32. The first-order valence-corrected chi connectivity index (χ1v) is 10.1. The highest BCUT2D eigenvalue weighted by molar-refractivity contribution is 7.92. The lowest BCUT2D eigenvalue weighted by Gasteiger charge is -2.29. The smallest absolute Gasteiger partial charge is 0.271 e. The molecular formula is C17H16ClN3O5S. The van der Waals surface area contributed by atoms with Crippen molar-refractivity contribution < 1.29 is 18.1 Å². The molecule has 2 aromatic rings. The Morgan fingerprint density at radius 2 is 1.96 bits per heavy atom. The lowest BCUT2D eigenvalue weighted by molar-refractivity contribution is -0.384. The van der Waals surface area contributed by atoms with Gasteiger partial charge in [-0.25, -0.2) is 8.42 Å². The van der Waals surface area contributed by atoms with Gasteiger partial charge in [0.2, 0.25) is 10.0 Å². The van der Waals surface area contributed by atoms with Crippen LogP contribution in [0.15, 0.2) is 42.5 Å². The van der Waals surface area contributed by atoms with Crippen molar-refractivity contribution in [2.24, 2.45) is 0 Å². The molecule has 10 heteroatoms. The largest absolute Gasteiger partial charge is 0.322 e. The fraction of sp³-hybridized carbons (Fsp3) is 0.235. The van der Waals surface area contributed by atoms with E-state index in [-0.39, 0.29) is 33.4 Å². The Hall–Kier alpha value is -2.65. The second-order valence-electron chi connectivity index (χ2n) is 6.02. The molecule has 0 saturated carbocycles. The zero-order chi connectivity index (χ0) is 19.6. The third kappa shape index (κ3) is 4.20. The van der Waals surface area contributed by atoms with Gasteiger partial charge in [0.05, 0.1) is 21.4 Å². The second kappa shape index (κ2) is 7.53. The Kier molecular flexibility index (Phi) is 5.33. The number of nitro groups is 1. The van der Waals surface area contributed by atoms with E-state index in [4.69, 9.17) is 11.6 Å². The van der Waals surface area contributed by atoms with Crippen molar-refractivity contribution in [2.45, 2.75) is 12.8 Å². The zero-order valence-corrected chi connectivity index (χ0v) is 15.7. The van der Waals surface area contributed by atoms with Crippen molar-refractivity contribution in [1.82, 2.24) is 0 Å².